The number of hydrogen-bond acceptors (Lipinski definition) is 9. The van der Waals surface area contributed by atoms with Crippen molar-refractivity contribution in [3.05, 3.63) is 108 Å². The van der Waals surface area contributed by atoms with E-state index in [0.29, 0.717) is 56.0 Å². The van der Waals surface area contributed by atoms with Gasteiger partial charge in [-0.15, -0.1) is 0 Å². The van der Waals surface area contributed by atoms with Gasteiger partial charge < -0.3 is 35.6 Å². The van der Waals surface area contributed by atoms with Crippen LogP contribution in [0.4, 0.5) is 0 Å². The number of piperidine rings is 1. The molecule has 1 fully saturated rings. The van der Waals surface area contributed by atoms with Crippen LogP contribution in [0.5, 0.6) is 11.5 Å². The van der Waals surface area contributed by atoms with Crippen molar-refractivity contribution >= 4 is 18.0 Å². The molecule has 1 atom stereocenters. The number of rotatable bonds is 23. The Bertz CT molecular complexity index is 1880. The fourth-order valence-electron chi connectivity index (χ4n) is 7.10. The van der Waals surface area contributed by atoms with E-state index in [1.54, 1.807) is 6.07 Å². The molecule has 4 aromatic carbocycles. The van der Waals surface area contributed by atoms with Gasteiger partial charge in [0.25, 0.3) is 0 Å². The predicted octanol–water partition coefficient (Wildman–Crippen LogP) is 12.6. The molecule has 1 amide bonds. The van der Waals surface area contributed by atoms with E-state index in [9.17, 15) is 14.4 Å². The second kappa shape index (κ2) is 41.0. The van der Waals surface area contributed by atoms with Gasteiger partial charge >= 0.3 is 0 Å². The molecule has 0 radical (unpaired) electrons. The van der Waals surface area contributed by atoms with Gasteiger partial charge in [-0.3, -0.25) is 14.4 Å². The first-order chi connectivity index (χ1) is 33.4. The zero-order valence-electron chi connectivity index (χ0n) is 45.5. The number of hydrogen-bond donors (Lipinski definition) is 4. The zero-order valence-corrected chi connectivity index (χ0v) is 45.5. The van der Waals surface area contributed by atoms with Crippen LogP contribution in [-0.4, -0.2) is 100 Å². The summed E-state index contributed by atoms with van der Waals surface area (Å²) in [5.74, 6) is 1.86. The molecule has 1 heterocycles. The fraction of sp³-hybridized carbons (Fsp3) is 0.542. The van der Waals surface area contributed by atoms with Gasteiger partial charge in [-0.2, -0.15) is 0 Å². The van der Waals surface area contributed by atoms with Crippen LogP contribution in [0.1, 0.15) is 150 Å². The monoisotopic (exact) mass is 954 g/mol. The van der Waals surface area contributed by atoms with Crippen LogP contribution in [0.25, 0.3) is 22.3 Å². The van der Waals surface area contributed by atoms with Crippen molar-refractivity contribution < 1.29 is 23.9 Å². The lowest BCUT2D eigenvalue weighted by atomic mass is 9.95. The molecule has 0 spiro atoms. The standard InChI is InChI=1S/C22H29NO2.C18H19NO3.C10H22N2.C5H13N.2C2H6/c1-4-17(3)22(24)19-13-11-18(12-14-19)20-9-6-7-10-21(20)25-16-8-15-23-5-2;1-14(21)16-8-9-17(15-6-3-2-4-7-15)18(12-16)22-11-5-10-19-13-20;1-4-12-7-5-10(6-8-12)11-9(2)3;1-4-6-5(2)3;2*1-2/h6-7,9-14,17,23H,4-5,8,15-16H2,1-3H3;2-4,6-9,12-13H,5,10-11H2,1H3,(H,19,20);9-11H,4-8H2,1-3H3;5-6H,4H2,1-3H3;2*1-2H3. The number of carbonyl (C=O) groups excluding carboxylic acids is 3. The minimum absolute atomic E-state index is 0.00656. The van der Waals surface area contributed by atoms with Gasteiger partial charge in [-0.1, -0.05) is 169 Å². The molecule has 0 bridgehead atoms. The number of Topliss-reactive ketones (excluding diaryl/α,β-unsaturated/α-hetero) is 2. The van der Waals surface area contributed by atoms with E-state index in [4.69, 9.17) is 9.47 Å². The summed E-state index contributed by atoms with van der Waals surface area (Å²) in [6.07, 6.45) is 5.87. The topological polar surface area (TPSA) is 121 Å². The summed E-state index contributed by atoms with van der Waals surface area (Å²) in [5, 5.41) is 12.7. The third-order valence-corrected chi connectivity index (χ3v) is 10.9. The zero-order chi connectivity index (χ0) is 51.8. The highest BCUT2D eigenvalue weighted by Gasteiger charge is 2.18. The van der Waals surface area contributed by atoms with E-state index < -0.39 is 0 Å². The van der Waals surface area contributed by atoms with Crippen LogP contribution >= 0.6 is 0 Å². The summed E-state index contributed by atoms with van der Waals surface area (Å²) < 4.78 is 11.8. The Morgan fingerprint density at radius 3 is 1.74 bits per heavy atom. The van der Waals surface area contributed by atoms with Gasteiger partial charge in [0.1, 0.15) is 11.5 Å². The number of nitrogens with one attached hydrogen (secondary N) is 4. The normalized spacial score (nSPS) is 12.4. The van der Waals surface area contributed by atoms with Crippen molar-refractivity contribution in [1.29, 1.82) is 0 Å². The molecule has 0 saturated carbocycles. The maximum absolute atomic E-state index is 12.3. The maximum Gasteiger partial charge on any atom is 0.207 e. The molecule has 4 aromatic rings. The molecule has 10 nitrogen and oxygen atoms in total. The Labute approximate surface area is 420 Å². The summed E-state index contributed by atoms with van der Waals surface area (Å²) in [6.45, 7) is 37.3. The van der Waals surface area contributed by atoms with Crippen LogP contribution in [0.15, 0.2) is 97.1 Å². The van der Waals surface area contributed by atoms with Crippen LogP contribution in [0, 0.1) is 5.92 Å². The van der Waals surface area contributed by atoms with E-state index in [1.165, 1.54) is 39.4 Å². The Morgan fingerprint density at radius 1 is 0.667 bits per heavy atom. The van der Waals surface area contributed by atoms with Crippen LogP contribution in [-0.2, 0) is 4.79 Å². The van der Waals surface area contributed by atoms with Crippen molar-refractivity contribution in [2.45, 2.75) is 147 Å². The van der Waals surface area contributed by atoms with Crippen LogP contribution < -0.4 is 30.7 Å². The Hall–Kier alpha value is -4.87. The van der Waals surface area contributed by atoms with E-state index in [2.05, 4.69) is 80.7 Å². The molecule has 1 unspecified atom stereocenters. The van der Waals surface area contributed by atoms with Gasteiger partial charge in [-0.05, 0) is 108 Å². The molecule has 4 N–H and O–H groups in total. The fourth-order valence-corrected chi connectivity index (χ4v) is 7.10. The van der Waals surface area contributed by atoms with Crippen molar-refractivity contribution in [3.8, 4) is 33.8 Å². The summed E-state index contributed by atoms with van der Waals surface area (Å²) in [4.78, 5) is 36.6. The number of nitrogens with zero attached hydrogens (tertiary/aromatic N) is 1. The molecule has 5 rings (SSSR count). The molecular formula is C59H95N5O5. The maximum atomic E-state index is 12.3. The number of benzene rings is 4. The Kier molecular flexibility index (Phi) is 38.1. The first kappa shape index (κ1) is 64.1. The summed E-state index contributed by atoms with van der Waals surface area (Å²) in [5.41, 5.74) is 5.53. The van der Waals surface area contributed by atoms with E-state index in [0.717, 1.165) is 72.1 Å². The highest BCUT2D eigenvalue weighted by molar-refractivity contribution is 5.98. The second-order valence-corrected chi connectivity index (χ2v) is 17.0. The lowest BCUT2D eigenvalue weighted by Crippen LogP contribution is -2.44. The van der Waals surface area contributed by atoms with Crippen molar-refractivity contribution in [2.75, 3.05) is 59.0 Å². The summed E-state index contributed by atoms with van der Waals surface area (Å²) >= 11 is 0. The number of amides is 1. The number of para-hydroxylation sites is 1. The third-order valence-electron chi connectivity index (χ3n) is 10.9. The molecule has 1 saturated heterocycles. The minimum Gasteiger partial charge on any atom is -0.493 e. The molecule has 69 heavy (non-hydrogen) atoms. The number of likely N-dealkylation sites (tertiary alicyclic amines) is 1. The Balaban J connectivity index is 0.000000952. The third kappa shape index (κ3) is 27.8. The van der Waals surface area contributed by atoms with Gasteiger partial charge in [0.2, 0.25) is 6.41 Å². The van der Waals surface area contributed by atoms with Crippen molar-refractivity contribution in [3.63, 3.8) is 0 Å². The van der Waals surface area contributed by atoms with Crippen molar-refractivity contribution in [1.82, 2.24) is 26.2 Å². The van der Waals surface area contributed by atoms with E-state index >= 15 is 0 Å². The molecule has 1 aliphatic rings. The molecule has 386 valence electrons. The molecule has 1 aliphatic heterocycles. The summed E-state index contributed by atoms with van der Waals surface area (Å²) in [6, 6.07) is 33.4. The molecular weight excluding hydrogens is 859 g/mol. The smallest absolute Gasteiger partial charge is 0.207 e. The molecule has 0 aliphatic carbocycles. The van der Waals surface area contributed by atoms with Gasteiger partial charge in [0, 0.05) is 52.8 Å². The highest BCUT2D eigenvalue weighted by atomic mass is 16.5. The number of ether oxygens (including phenoxy) is 2. The highest BCUT2D eigenvalue weighted by Crippen LogP contribution is 2.32. The van der Waals surface area contributed by atoms with Crippen molar-refractivity contribution in [2.24, 2.45) is 5.92 Å². The largest absolute Gasteiger partial charge is 0.493 e. The molecule has 0 aromatic heterocycles. The number of ketones is 2. The summed E-state index contributed by atoms with van der Waals surface area (Å²) in [7, 11) is 0. The molecule has 10 heteroatoms. The first-order valence-electron chi connectivity index (χ1n) is 26.2. The van der Waals surface area contributed by atoms with Crippen LogP contribution in [0.3, 0.4) is 0 Å². The van der Waals surface area contributed by atoms with Crippen LogP contribution in [0.2, 0.25) is 0 Å². The SMILES string of the molecule is CC.CC.CC(=O)c1ccc(-c2ccccc2)c(OCCCNC=O)c1.CCN1CCC(NC(C)C)CC1.CCNC(C)C.CCNCCCOc1ccccc1-c1ccc(C(=O)C(C)CC)cc1. The minimum atomic E-state index is 0.00656. The van der Waals surface area contributed by atoms with E-state index in [1.807, 2.05) is 126 Å². The number of carbonyl (C=O) groups is 3. The lowest BCUT2D eigenvalue weighted by molar-refractivity contribution is -0.109. The average molecular weight is 954 g/mol. The lowest BCUT2D eigenvalue weighted by Gasteiger charge is -2.32. The second-order valence-electron chi connectivity index (χ2n) is 17.0. The Morgan fingerprint density at radius 2 is 1.22 bits per heavy atom. The van der Waals surface area contributed by atoms with Gasteiger partial charge in [0.15, 0.2) is 11.6 Å². The van der Waals surface area contributed by atoms with Gasteiger partial charge in [0.05, 0.1) is 13.2 Å². The van der Waals surface area contributed by atoms with Gasteiger partial charge in [-0.25, -0.2) is 0 Å². The van der Waals surface area contributed by atoms with E-state index in [-0.39, 0.29) is 17.5 Å². The average Bonchev–Trinajstić information content (AvgIpc) is 3.38. The first-order valence-corrected chi connectivity index (χ1v) is 26.2. The predicted molar refractivity (Wildman–Crippen MR) is 295 cm³/mol. The quantitative estimate of drug-likeness (QED) is 0.0327.